The van der Waals surface area contributed by atoms with Gasteiger partial charge >= 0.3 is 0 Å². The SMILES string of the molecule is COc1cc(N2CCC(NCCC(N)=O)CC2)ccc1Nc1nc(Nc2ccccc2S(=O)(=O)I)c2ccccc2n1. The molecule has 1 saturated heterocycles. The van der Waals surface area contributed by atoms with Crippen LogP contribution in [0.4, 0.5) is 28.8 Å². The highest BCUT2D eigenvalue weighted by Crippen LogP contribution is 2.35. The summed E-state index contributed by atoms with van der Waals surface area (Å²) in [6.07, 6.45) is 2.27. The monoisotopic (exact) mass is 701 g/mol. The zero-order valence-corrected chi connectivity index (χ0v) is 26.0. The Balaban J connectivity index is 1.36. The van der Waals surface area contributed by atoms with Crippen molar-refractivity contribution in [1.29, 1.82) is 0 Å². The molecule has 13 heteroatoms. The van der Waals surface area contributed by atoms with Crippen LogP contribution in [0.1, 0.15) is 19.3 Å². The predicted molar refractivity (Wildman–Crippen MR) is 174 cm³/mol. The molecular formula is C29H32IN7O4S. The van der Waals surface area contributed by atoms with E-state index in [2.05, 4.69) is 20.9 Å². The number of fused-ring (bicyclic) bond motifs is 1. The molecule has 2 heterocycles. The topological polar surface area (TPSA) is 152 Å². The number of primary amides is 1. The van der Waals surface area contributed by atoms with Crippen LogP contribution in [0.2, 0.25) is 0 Å². The number of hydrogen-bond acceptors (Lipinski definition) is 10. The van der Waals surface area contributed by atoms with Crippen LogP contribution in [0.3, 0.4) is 0 Å². The first-order chi connectivity index (χ1) is 20.2. The van der Waals surface area contributed by atoms with Crippen LogP contribution in [-0.2, 0) is 11.8 Å². The molecule has 3 aromatic carbocycles. The molecule has 1 aromatic heterocycles. The zero-order chi connectivity index (χ0) is 29.7. The first-order valence-corrected chi connectivity index (χ1v) is 17.5. The van der Waals surface area contributed by atoms with Gasteiger partial charge in [-0.05, 0) is 49.2 Å². The fourth-order valence-corrected chi connectivity index (χ4v) is 6.75. The lowest BCUT2D eigenvalue weighted by Crippen LogP contribution is -2.43. The number of halogens is 1. The summed E-state index contributed by atoms with van der Waals surface area (Å²) in [5.41, 5.74) is 8.10. The smallest absolute Gasteiger partial charge is 0.233 e. The average Bonchev–Trinajstić information content (AvgIpc) is 2.97. The van der Waals surface area contributed by atoms with E-state index in [9.17, 15) is 13.2 Å². The number of nitrogens with two attached hydrogens (primary N) is 1. The standard InChI is InChI=1S/C29H32IN7O4S/c1-41-25-18-20(37-16-13-19(14-17-37)32-15-12-27(31)38)10-11-23(25)35-29-34-22-7-3-2-6-21(22)28(36-29)33-24-8-4-5-9-26(24)42(30,39)40/h2-11,18-19,32H,12-17H2,1H3,(H2,31,38)(H2,33,34,35,36). The lowest BCUT2D eigenvalue weighted by atomic mass is 10.0. The molecule has 11 nitrogen and oxygen atoms in total. The van der Waals surface area contributed by atoms with Crippen LogP contribution in [0.15, 0.2) is 71.6 Å². The van der Waals surface area contributed by atoms with E-state index in [4.69, 9.17) is 20.4 Å². The molecule has 5 N–H and O–H groups in total. The van der Waals surface area contributed by atoms with Crippen LogP contribution in [0.25, 0.3) is 10.9 Å². The number of benzene rings is 3. The molecule has 5 rings (SSSR count). The second-order valence-corrected chi connectivity index (χ2v) is 14.7. The maximum Gasteiger partial charge on any atom is 0.233 e. The number of methoxy groups -OCH3 is 1. The minimum Gasteiger partial charge on any atom is -0.494 e. The van der Waals surface area contributed by atoms with E-state index >= 15 is 0 Å². The van der Waals surface area contributed by atoms with Crippen molar-refractivity contribution in [3.63, 3.8) is 0 Å². The van der Waals surface area contributed by atoms with Gasteiger partial charge in [0.2, 0.25) is 18.9 Å². The number of aromatic nitrogens is 2. The number of anilines is 5. The highest BCUT2D eigenvalue weighted by Gasteiger charge is 2.21. The van der Waals surface area contributed by atoms with Gasteiger partial charge in [-0.1, -0.05) is 24.3 Å². The van der Waals surface area contributed by atoms with Crippen LogP contribution in [-0.4, -0.2) is 57.1 Å². The van der Waals surface area contributed by atoms with Crippen LogP contribution < -0.4 is 31.3 Å². The highest BCUT2D eigenvalue weighted by molar-refractivity contribution is 14.2. The van der Waals surface area contributed by atoms with Crippen LogP contribution >= 0.6 is 21.2 Å². The first kappa shape index (κ1) is 29.8. The molecule has 1 aliphatic heterocycles. The third-order valence-electron chi connectivity index (χ3n) is 7.10. The summed E-state index contributed by atoms with van der Waals surface area (Å²) in [6, 6.07) is 20.6. The number of hydrogen-bond donors (Lipinski definition) is 4. The Morgan fingerprint density at radius 2 is 1.76 bits per heavy atom. The molecule has 0 saturated carbocycles. The van der Waals surface area contributed by atoms with E-state index < -0.39 is 7.01 Å². The Hall–Kier alpha value is -3.69. The lowest BCUT2D eigenvalue weighted by molar-refractivity contribution is -0.117. The van der Waals surface area contributed by atoms with E-state index in [-0.39, 0.29) is 10.8 Å². The van der Waals surface area contributed by atoms with Crippen LogP contribution in [0, 0.1) is 0 Å². The summed E-state index contributed by atoms with van der Waals surface area (Å²) in [4.78, 5) is 22.9. The van der Waals surface area contributed by atoms with Crippen molar-refractivity contribution in [3.8, 4) is 5.75 Å². The van der Waals surface area contributed by atoms with Gasteiger partial charge in [0, 0.05) is 49.2 Å². The number of piperidine rings is 1. The fourth-order valence-electron chi connectivity index (χ4n) is 4.98. The second-order valence-electron chi connectivity index (χ2n) is 9.91. The Morgan fingerprint density at radius 3 is 2.50 bits per heavy atom. The Labute approximate surface area is 256 Å². The van der Waals surface area contributed by atoms with Crippen molar-refractivity contribution in [3.05, 3.63) is 66.7 Å². The van der Waals surface area contributed by atoms with Gasteiger partial charge in [0.05, 0.1) is 45.2 Å². The summed E-state index contributed by atoms with van der Waals surface area (Å²) in [6.45, 7) is 2.36. The lowest BCUT2D eigenvalue weighted by Gasteiger charge is -2.34. The maximum absolute atomic E-state index is 12.4. The third kappa shape index (κ3) is 7.20. The third-order valence-corrected chi connectivity index (χ3v) is 9.41. The minimum atomic E-state index is -3.49. The van der Waals surface area contributed by atoms with Gasteiger partial charge in [0.15, 0.2) is 0 Å². The zero-order valence-electron chi connectivity index (χ0n) is 23.0. The van der Waals surface area contributed by atoms with Gasteiger partial charge in [-0.15, -0.1) is 0 Å². The Morgan fingerprint density at radius 1 is 1.02 bits per heavy atom. The molecule has 1 aliphatic rings. The van der Waals surface area contributed by atoms with Gasteiger partial charge in [-0.2, -0.15) is 4.98 Å². The molecular weight excluding hydrogens is 669 g/mol. The maximum atomic E-state index is 12.4. The molecule has 42 heavy (non-hydrogen) atoms. The van der Waals surface area contributed by atoms with E-state index in [0.717, 1.165) is 37.0 Å². The largest absolute Gasteiger partial charge is 0.494 e. The summed E-state index contributed by atoms with van der Waals surface area (Å²) in [7, 11) is -1.87. The molecule has 4 aromatic rings. The summed E-state index contributed by atoms with van der Waals surface area (Å²) in [5, 5.41) is 10.7. The number of carbonyl (C=O) groups is 1. The number of ether oxygens (including phenoxy) is 1. The quantitative estimate of drug-likeness (QED) is 0.128. The molecule has 0 aliphatic carbocycles. The van der Waals surface area contributed by atoms with Gasteiger partial charge < -0.3 is 31.3 Å². The van der Waals surface area contributed by atoms with Crippen molar-refractivity contribution < 1.29 is 17.9 Å². The second kappa shape index (κ2) is 13.1. The van der Waals surface area contributed by atoms with Crippen molar-refractivity contribution in [2.75, 3.05) is 42.3 Å². The Kier molecular flexibility index (Phi) is 9.28. The number of para-hydroxylation sites is 2. The van der Waals surface area contributed by atoms with Crippen molar-refractivity contribution in [2.24, 2.45) is 5.73 Å². The number of carbonyl (C=O) groups excluding carboxylic acids is 1. The van der Waals surface area contributed by atoms with Crippen LogP contribution in [0.5, 0.6) is 5.75 Å². The normalized spacial score (nSPS) is 14.1. The van der Waals surface area contributed by atoms with E-state index in [0.29, 0.717) is 53.4 Å². The Bertz CT molecular complexity index is 1690. The highest BCUT2D eigenvalue weighted by atomic mass is 127. The molecule has 0 radical (unpaired) electrons. The predicted octanol–water partition coefficient (Wildman–Crippen LogP) is 4.68. The van der Waals surface area contributed by atoms with Crippen molar-refractivity contribution in [1.82, 2.24) is 15.3 Å². The average molecular weight is 702 g/mol. The summed E-state index contributed by atoms with van der Waals surface area (Å²) in [5.74, 6) is 1.15. The fraction of sp³-hybridized carbons (Fsp3) is 0.276. The van der Waals surface area contributed by atoms with Crippen molar-refractivity contribution >= 4 is 73.9 Å². The van der Waals surface area contributed by atoms with Gasteiger partial charge in [0.25, 0.3) is 0 Å². The molecule has 0 bridgehead atoms. The summed E-state index contributed by atoms with van der Waals surface area (Å²) >= 11 is 1.44. The van der Waals surface area contributed by atoms with E-state index in [1.807, 2.05) is 42.5 Å². The summed E-state index contributed by atoms with van der Waals surface area (Å²) < 4.78 is 30.5. The van der Waals surface area contributed by atoms with Gasteiger partial charge in [-0.3, -0.25) is 4.79 Å². The number of nitrogens with zero attached hydrogens (tertiary/aromatic N) is 3. The van der Waals surface area contributed by atoms with E-state index in [1.165, 1.54) is 21.2 Å². The van der Waals surface area contributed by atoms with Gasteiger partial charge in [0.1, 0.15) is 16.5 Å². The number of nitrogens with one attached hydrogen (secondary N) is 3. The number of amides is 1. The molecule has 0 atom stereocenters. The molecule has 0 spiro atoms. The van der Waals surface area contributed by atoms with Gasteiger partial charge in [-0.25, -0.2) is 13.4 Å². The van der Waals surface area contributed by atoms with Crippen molar-refractivity contribution in [2.45, 2.75) is 30.2 Å². The number of rotatable bonds is 11. The molecule has 0 unspecified atom stereocenters. The first-order valence-electron chi connectivity index (χ1n) is 13.5. The minimum absolute atomic E-state index is 0.172. The molecule has 1 fully saturated rings. The van der Waals surface area contributed by atoms with E-state index in [1.54, 1.807) is 31.4 Å². The molecule has 220 valence electrons. The molecule has 1 amide bonds.